The summed E-state index contributed by atoms with van der Waals surface area (Å²) in [6.07, 6.45) is 0. The van der Waals surface area contributed by atoms with Gasteiger partial charge in [-0.15, -0.1) is 0 Å². The Morgan fingerprint density at radius 1 is 1.25 bits per heavy atom. The Hall–Kier alpha value is -3.40. The van der Waals surface area contributed by atoms with E-state index in [1.165, 1.54) is 39.0 Å². The minimum absolute atomic E-state index is 0.0236. The Bertz CT molecular complexity index is 874. The van der Waals surface area contributed by atoms with E-state index in [2.05, 4.69) is 5.32 Å². The van der Waals surface area contributed by atoms with Gasteiger partial charge in [-0.2, -0.15) is 5.26 Å². The highest BCUT2D eigenvalue weighted by Gasteiger charge is 2.22. The molecule has 1 amide bonds. The molecule has 0 aliphatic heterocycles. The Labute approximate surface area is 137 Å². The van der Waals surface area contributed by atoms with Crippen molar-refractivity contribution in [3.05, 3.63) is 46.7 Å². The predicted octanol–water partition coefficient (Wildman–Crippen LogP) is 2.84. The maximum absolute atomic E-state index is 12.3. The van der Waals surface area contributed by atoms with Crippen LogP contribution in [0.25, 0.3) is 0 Å². The molecule has 0 unspecified atom stereocenters. The molecule has 7 nitrogen and oxygen atoms in total. The molecule has 2 rings (SSSR count). The summed E-state index contributed by atoms with van der Waals surface area (Å²) < 4.78 is 10.2. The number of hydrogen-bond acceptors (Lipinski definition) is 6. The lowest BCUT2D eigenvalue weighted by molar-refractivity contribution is -0.131. The summed E-state index contributed by atoms with van der Waals surface area (Å²) in [6.45, 7) is 4.10. The third-order valence-electron chi connectivity index (χ3n) is 3.13. The van der Waals surface area contributed by atoms with Crippen LogP contribution < -0.4 is 10.1 Å². The highest BCUT2D eigenvalue weighted by Crippen LogP contribution is 2.27. The number of amides is 1. The van der Waals surface area contributed by atoms with Gasteiger partial charge in [-0.05, 0) is 32.0 Å². The van der Waals surface area contributed by atoms with Crippen LogP contribution in [0.2, 0.25) is 0 Å². The van der Waals surface area contributed by atoms with Crippen LogP contribution in [-0.2, 0) is 4.79 Å². The van der Waals surface area contributed by atoms with E-state index in [9.17, 15) is 19.6 Å². The van der Waals surface area contributed by atoms with Crippen molar-refractivity contribution in [3.63, 3.8) is 0 Å². The number of ketones is 1. The lowest BCUT2D eigenvalue weighted by Crippen LogP contribution is -2.13. The second kappa shape index (κ2) is 6.79. The molecule has 1 N–H and O–H groups in total. The summed E-state index contributed by atoms with van der Waals surface area (Å²) >= 11 is 0. The number of hydrogen-bond donors (Lipinski definition) is 1. The number of anilines is 1. The van der Waals surface area contributed by atoms with E-state index in [-0.39, 0.29) is 39.9 Å². The molecule has 122 valence electrons. The number of carbonyl (C=O) groups is 3. The number of esters is 1. The number of nitrogens with zero attached hydrogens (tertiary/aromatic N) is 1. The lowest BCUT2D eigenvalue weighted by atomic mass is 10.1. The van der Waals surface area contributed by atoms with Crippen LogP contribution in [0.15, 0.2) is 28.7 Å². The zero-order valence-corrected chi connectivity index (χ0v) is 13.3. The molecule has 0 radical (unpaired) electrons. The molecule has 0 aliphatic rings. The third kappa shape index (κ3) is 3.50. The lowest BCUT2D eigenvalue weighted by Gasteiger charge is -2.05. The Kier molecular flexibility index (Phi) is 4.80. The van der Waals surface area contributed by atoms with E-state index in [0.717, 1.165) is 0 Å². The number of benzene rings is 1. The van der Waals surface area contributed by atoms with Gasteiger partial charge in [0.15, 0.2) is 5.78 Å². The zero-order chi connectivity index (χ0) is 17.9. The minimum atomic E-state index is -0.565. The number of ether oxygens (including phenoxy) is 1. The molecule has 0 atom stereocenters. The number of carbonyl (C=O) groups excluding carboxylic acids is 3. The molecule has 24 heavy (non-hydrogen) atoms. The van der Waals surface area contributed by atoms with Gasteiger partial charge in [-0.3, -0.25) is 19.7 Å². The van der Waals surface area contributed by atoms with Gasteiger partial charge in [0.1, 0.15) is 23.1 Å². The first kappa shape index (κ1) is 17.0. The summed E-state index contributed by atoms with van der Waals surface area (Å²) in [5.74, 6) is -1.02. The first-order valence-electron chi connectivity index (χ1n) is 6.97. The minimum Gasteiger partial charge on any atom is -0.443 e. The highest BCUT2D eigenvalue weighted by atomic mass is 16.5. The molecule has 1 heterocycles. The van der Waals surface area contributed by atoms with Gasteiger partial charge >= 0.3 is 5.97 Å². The van der Waals surface area contributed by atoms with Crippen molar-refractivity contribution in [3.8, 4) is 11.8 Å². The summed E-state index contributed by atoms with van der Waals surface area (Å²) in [6, 6.07) is 7.83. The normalized spacial score (nSPS) is 9.92. The molecule has 1 aromatic heterocycles. The molecular weight excluding hydrogens is 312 g/mol. The van der Waals surface area contributed by atoms with E-state index in [1.807, 2.05) is 6.07 Å². The molecule has 0 spiro atoms. The Morgan fingerprint density at radius 3 is 2.54 bits per heavy atom. The molecule has 0 bridgehead atoms. The van der Waals surface area contributed by atoms with E-state index < -0.39 is 11.9 Å². The van der Waals surface area contributed by atoms with Crippen molar-refractivity contribution in [1.29, 1.82) is 5.26 Å². The predicted molar refractivity (Wildman–Crippen MR) is 83.9 cm³/mol. The maximum Gasteiger partial charge on any atom is 0.308 e. The zero-order valence-electron chi connectivity index (χ0n) is 13.3. The van der Waals surface area contributed by atoms with Crippen LogP contribution in [0.5, 0.6) is 5.75 Å². The van der Waals surface area contributed by atoms with Crippen LogP contribution in [0, 0.1) is 18.3 Å². The van der Waals surface area contributed by atoms with Crippen molar-refractivity contribution < 1.29 is 23.5 Å². The summed E-state index contributed by atoms with van der Waals surface area (Å²) in [7, 11) is 0. The quantitative estimate of drug-likeness (QED) is 0.525. The first-order chi connectivity index (χ1) is 11.3. The summed E-state index contributed by atoms with van der Waals surface area (Å²) in [5, 5.41) is 11.7. The second-order valence-corrected chi connectivity index (χ2v) is 4.98. The number of aryl methyl sites for hydroxylation is 1. The van der Waals surface area contributed by atoms with Gasteiger partial charge in [0.2, 0.25) is 5.88 Å². The first-order valence-corrected chi connectivity index (χ1v) is 6.97. The van der Waals surface area contributed by atoms with Gasteiger partial charge in [0.25, 0.3) is 5.91 Å². The van der Waals surface area contributed by atoms with Crippen LogP contribution in [-0.4, -0.2) is 17.7 Å². The summed E-state index contributed by atoms with van der Waals surface area (Å²) in [5.41, 5.74) is 0.321. The standard InChI is InChI=1S/C17H14N2O5/c1-9(20)15-10(2)23-17(14(15)8-18)19-16(22)12-5-4-6-13(7-12)24-11(3)21/h4-7H,1-3H3,(H,19,22). The Morgan fingerprint density at radius 2 is 1.96 bits per heavy atom. The van der Waals surface area contributed by atoms with Crippen LogP contribution in [0.3, 0.4) is 0 Å². The fraction of sp³-hybridized carbons (Fsp3) is 0.176. The van der Waals surface area contributed by atoms with Crippen molar-refractivity contribution in [2.45, 2.75) is 20.8 Å². The third-order valence-corrected chi connectivity index (χ3v) is 3.13. The maximum atomic E-state index is 12.3. The molecule has 0 saturated heterocycles. The fourth-order valence-corrected chi connectivity index (χ4v) is 2.21. The molecule has 1 aromatic carbocycles. The van der Waals surface area contributed by atoms with Gasteiger partial charge in [0, 0.05) is 12.5 Å². The van der Waals surface area contributed by atoms with Gasteiger partial charge in [0.05, 0.1) is 5.56 Å². The van der Waals surface area contributed by atoms with Crippen LogP contribution in [0.4, 0.5) is 5.88 Å². The Balaban J connectivity index is 2.31. The molecule has 7 heteroatoms. The SMILES string of the molecule is CC(=O)Oc1cccc(C(=O)Nc2oc(C)c(C(C)=O)c2C#N)c1. The average molecular weight is 326 g/mol. The van der Waals surface area contributed by atoms with E-state index >= 15 is 0 Å². The molecule has 0 saturated carbocycles. The van der Waals surface area contributed by atoms with Crippen molar-refractivity contribution >= 4 is 23.5 Å². The summed E-state index contributed by atoms with van der Waals surface area (Å²) in [4.78, 5) is 34.9. The van der Waals surface area contributed by atoms with Crippen LogP contribution >= 0.6 is 0 Å². The van der Waals surface area contributed by atoms with Gasteiger partial charge in [-0.1, -0.05) is 6.07 Å². The smallest absolute Gasteiger partial charge is 0.308 e. The van der Waals surface area contributed by atoms with E-state index in [0.29, 0.717) is 0 Å². The second-order valence-electron chi connectivity index (χ2n) is 4.98. The van der Waals surface area contributed by atoms with Crippen molar-refractivity contribution in [2.75, 3.05) is 5.32 Å². The largest absolute Gasteiger partial charge is 0.443 e. The highest BCUT2D eigenvalue weighted by molar-refractivity contribution is 6.06. The van der Waals surface area contributed by atoms with Gasteiger partial charge < -0.3 is 9.15 Å². The monoisotopic (exact) mass is 326 g/mol. The molecule has 2 aromatic rings. The van der Waals surface area contributed by atoms with E-state index in [4.69, 9.17) is 9.15 Å². The fourth-order valence-electron chi connectivity index (χ4n) is 2.21. The number of nitriles is 1. The van der Waals surface area contributed by atoms with Crippen LogP contribution in [0.1, 0.15) is 45.9 Å². The molecule has 0 aliphatic carbocycles. The average Bonchev–Trinajstić information content (AvgIpc) is 2.82. The number of rotatable bonds is 4. The van der Waals surface area contributed by atoms with Gasteiger partial charge in [-0.25, -0.2) is 0 Å². The van der Waals surface area contributed by atoms with Crippen molar-refractivity contribution in [1.82, 2.24) is 0 Å². The molecule has 0 fully saturated rings. The number of Topliss-reactive ketones (excluding diaryl/α,β-unsaturated/α-hetero) is 1. The molecular formula is C17H14N2O5. The number of furan rings is 1. The number of nitrogens with one attached hydrogen (secondary N) is 1. The van der Waals surface area contributed by atoms with Crippen molar-refractivity contribution in [2.24, 2.45) is 0 Å². The van der Waals surface area contributed by atoms with E-state index in [1.54, 1.807) is 6.07 Å². The topological polar surface area (TPSA) is 109 Å².